The van der Waals surface area contributed by atoms with E-state index in [1.54, 1.807) is 18.2 Å². The number of amides is 1. The Morgan fingerprint density at radius 1 is 1.15 bits per heavy atom. The molecule has 1 unspecified atom stereocenters. The maximum atomic E-state index is 13.6. The first-order chi connectivity index (χ1) is 12.6. The number of benzene rings is 2. The molecule has 2 aromatic rings. The molecule has 0 spiro atoms. The Hall–Kier alpha value is -2.20. The van der Waals surface area contributed by atoms with Gasteiger partial charge in [0.1, 0.15) is 5.82 Å². The van der Waals surface area contributed by atoms with Crippen molar-refractivity contribution < 1.29 is 9.18 Å². The molecule has 0 saturated carbocycles. The van der Waals surface area contributed by atoms with Crippen molar-refractivity contribution in [3.63, 3.8) is 0 Å². The largest absolute Gasteiger partial charge is 0.326 e. The zero-order chi connectivity index (χ0) is 18.4. The molecule has 3 nitrogen and oxygen atoms in total. The van der Waals surface area contributed by atoms with Gasteiger partial charge in [-0.15, -0.1) is 0 Å². The average Bonchev–Trinajstić information content (AvgIpc) is 2.64. The monoisotopic (exact) mass is 354 g/mol. The highest BCUT2D eigenvalue weighted by atomic mass is 19.1. The lowest BCUT2D eigenvalue weighted by atomic mass is 10.0. The maximum absolute atomic E-state index is 13.6. The van der Waals surface area contributed by atoms with Gasteiger partial charge in [-0.3, -0.25) is 9.69 Å². The van der Waals surface area contributed by atoms with Gasteiger partial charge in [0, 0.05) is 24.7 Å². The fraction of sp³-hybridized carbons (Fsp3) is 0.409. The van der Waals surface area contributed by atoms with Crippen LogP contribution in [0, 0.1) is 5.82 Å². The molecule has 1 aliphatic rings. The van der Waals surface area contributed by atoms with E-state index in [9.17, 15) is 9.18 Å². The number of halogens is 1. The Kier molecular flexibility index (Phi) is 6.40. The standard InChI is InChI=1S/C22H27FN2O/c1-17-6-4-5-15-25(17)16-18-9-12-20(13-10-18)24-22(26)14-11-19-7-2-3-8-21(19)23/h2-3,7-10,12-13,17H,4-6,11,14-16H2,1H3,(H,24,26). The Balaban J connectivity index is 1.49. The summed E-state index contributed by atoms with van der Waals surface area (Å²) in [5.41, 5.74) is 2.63. The summed E-state index contributed by atoms with van der Waals surface area (Å²) in [6.07, 6.45) is 4.56. The minimum atomic E-state index is -0.253. The zero-order valence-electron chi connectivity index (χ0n) is 15.4. The summed E-state index contributed by atoms with van der Waals surface area (Å²) < 4.78 is 13.6. The molecule has 1 atom stereocenters. The van der Waals surface area contributed by atoms with Crippen LogP contribution in [0.25, 0.3) is 0 Å². The van der Waals surface area contributed by atoms with E-state index in [1.807, 2.05) is 12.1 Å². The van der Waals surface area contributed by atoms with Gasteiger partial charge in [0.2, 0.25) is 5.91 Å². The maximum Gasteiger partial charge on any atom is 0.224 e. The predicted molar refractivity (Wildman–Crippen MR) is 104 cm³/mol. The molecular weight excluding hydrogens is 327 g/mol. The molecule has 0 bridgehead atoms. The van der Waals surface area contributed by atoms with E-state index in [0.29, 0.717) is 18.0 Å². The summed E-state index contributed by atoms with van der Waals surface area (Å²) in [6, 6.07) is 15.3. The van der Waals surface area contributed by atoms with E-state index >= 15 is 0 Å². The molecule has 0 radical (unpaired) electrons. The summed E-state index contributed by atoms with van der Waals surface area (Å²) in [4.78, 5) is 14.6. The second-order valence-corrected chi connectivity index (χ2v) is 7.15. The molecule has 2 aromatic carbocycles. The number of nitrogens with zero attached hydrogens (tertiary/aromatic N) is 1. The lowest BCUT2D eigenvalue weighted by Crippen LogP contribution is -2.36. The SMILES string of the molecule is CC1CCCCN1Cc1ccc(NC(=O)CCc2ccccc2F)cc1. The van der Waals surface area contributed by atoms with Crippen molar-refractivity contribution in [2.75, 3.05) is 11.9 Å². The second-order valence-electron chi connectivity index (χ2n) is 7.15. The molecule has 0 aliphatic carbocycles. The third-order valence-corrected chi connectivity index (χ3v) is 5.14. The molecule has 3 rings (SSSR count). The van der Waals surface area contributed by atoms with Crippen molar-refractivity contribution in [2.45, 2.75) is 51.6 Å². The summed E-state index contributed by atoms with van der Waals surface area (Å²) in [7, 11) is 0. The smallest absolute Gasteiger partial charge is 0.224 e. The molecule has 1 aliphatic heterocycles. The number of anilines is 1. The molecule has 1 N–H and O–H groups in total. The van der Waals surface area contributed by atoms with Crippen LogP contribution in [0.4, 0.5) is 10.1 Å². The van der Waals surface area contributed by atoms with E-state index < -0.39 is 0 Å². The van der Waals surface area contributed by atoms with E-state index in [1.165, 1.54) is 30.9 Å². The second kappa shape index (κ2) is 8.95. The predicted octanol–water partition coefficient (Wildman–Crippen LogP) is 4.77. The van der Waals surface area contributed by atoms with Crippen LogP contribution in [-0.4, -0.2) is 23.4 Å². The highest BCUT2D eigenvalue weighted by Crippen LogP contribution is 2.20. The van der Waals surface area contributed by atoms with Crippen LogP contribution in [0.15, 0.2) is 48.5 Å². The fourth-order valence-electron chi connectivity index (χ4n) is 3.49. The highest BCUT2D eigenvalue weighted by Gasteiger charge is 2.18. The quantitative estimate of drug-likeness (QED) is 0.810. The first-order valence-corrected chi connectivity index (χ1v) is 9.48. The highest BCUT2D eigenvalue weighted by molar-refractivity contribution is 5.90. The van der Waals surface area contributed by atoms with Gasteiger partial charge in [-0.1, -0.05) is 36.8 Å². The lowest BCUT2D eigenvalue weighted by Gasteiger charge is -2.33. The van der Waals surface area contributed by atoms with Crippen molar-refractivity contribution in [1.82, 2.24) is 4.90 Å². The minimum absolute atomic E-state index is 0.0920. The molecule has 1 fully saturated rings. The number of aryl methyl sites for hydroxylation is 1. The normalized spacial score (nSPS) is 17.8. The summed E-state index contributed by atoms with van der Waals surface area (Å²) in [6.45, 7) is 4.42. The minimum Gasteiger partial charge on any atom is -0.326 e. The molecule has 1 amide bonds. The van der Waals surface area contributed by atoms with Crippen LogP contribution in [0.5, 0.6) is 0 Å². The Morgan fingerprint density at radius 3 is 2.65 bits per heavy atom. The summed E-state index contributed by atoms with van der Waals surface area (Å²) >= 11 is 0. The van der Waals surface area contributed by atoms with Crippen LogP contribution < -0.4 is 5.32 Å². The van der Waals surface area contributed by atoms with Crippen molar-refractivity contribution in [2.24, 2.45) is 0 Å². The number of carbonyl (C=O) groups is 1. The van der Waals surface area contributed by atoms with Gasteiger partial charge in [0.25, 0.3) is 0 Å². The van der Waals surface area contributed by atoms with Crippen molar-refractivity contribution in [3.05, 3.63) is 65.5 Å². The van der Waals surface area contributed by atoms with E-state index in [4.69, 9.17) is 0 Å². The molecule has 138 valence electrons. The van der Waals surface area contributed by atoms with E-state index in [-0.39, 0.29) is 18.1 Å². The molecule has 1 heterocycles. The first-order valence-electron chi connectivity index (χ1n) is 9.48. The van der Waals surface area contributed by atoms with Gasteiger partial charge in [-0.25, -0.2) is 4.39 Å². The average molecular weight is 354 g/mol. The number of nitrogens with one attached hydrogen (secondary N) is 1. The number of carbonyl (C=O) groups excluding carboxylic acids is 1. The number of rotatable bonds is 6. The van der Waals surface area contributed by atoms with E-state index in [2.05, 4.69) is 29.3 Å². The Morgan fingerprint density at radius 2 is 1.92 bits per heavy atom. The van der Waals surface area contributed by atoms with Crippen molar-refractivity contribution >= 4 is 11.6 Å². The topological polar surface area (TPSA) is 32.3 Å². The lowest BCUT2D eigenvalue weighted by molar-refractivity contribution is -0.116. The van der Waals surface area contributed by atoms with Crippen LogP contribution in [-0.2, 0) is 17.8 Å². The molecule has 1 saturated heterocycles. The van der Waals surface area contributed by atoms with Crippen LogP contribution in [0.3, 0.4) is 0 Å². The number of hydrogen-bond acceptors (Lipinski definition) is 2. The van der Waals surface area contributed by atoms with E-state index in [0.717, 1.165) is 18.8 Å². The number of piperidine rings is 1. The number of hydrogen-bond donors (Lipinski definition) is 1. The third-order valence-electron chi connectivity index (χ3n) is 5.14. The molecule has 4 heteroatoms. The third kappa shape index (κ3) is 5.15. The number of likely N-dealkylation sites (tertiary alicyclic amines) is 1. The van der Waals surface area contributed by atoms with Gasteiger partial charge in [-0.2, -0.15) is 0 Å². The molecule has 26 heavy (non-hydrogen) atoms. The Labute approximate surface area is 155 Å². The van der Waals surface area contributed by atoms with Crippen molar-refractivity contribution in [1.29, 1.82) is 0 Å². The van der Waals surface area contributed by atoms with Crippen LogP contribution in [0.2, 0.25) is 0 Å². The fourth-order valence-corrected chi connectivity index (χ4v) is 3.49. The van der Waals surface area contributed by atoms with Gasteiger partial charge in [-0.05, 0) is 62.1 Å². The van der Waals surface area contributed by atoms with Gasteiger partial charge < -0.3 is 5.32 Å². The molecular formula is C22H27FN2O. The van der Waals surface area contributed by atoms with Gasteiger partial charge in [0.05, 0.1) is 0 Å². The summed E-state index contributed by atoms with van der Waals surface area (Å²) in [5, 5.41) is 2.90. The zero-order valence-corrected chi connectivity index (χ0v) is 15.4. The van der Waals surface area contributed by atoms with Crippen LogP contribution in [0.1, 0.15) is 43.7 Å². The summed E-state index contributed by atoms with van der Waals surface area (Å²) in [5.74, 6) is -0.345. The van der Waals surface area contributed by atoms with Gasteiger partial charge in [0.15, 0.2) is 0 Å². The van der Waals surface area contributed by atoms with Crippen molar-refractivity contribution in [3.8, 4) is 0 Å². The first kappa shape index (κ1) is 18.6. The Bertz CT molecular complexity index is 729. The van der Waals surface area contributed by atoms with Gasteiger partial charge >= 0.3 is 0 Å². The van der Waals surface area contributed by atoms with Crippen LogP contribution >= 0.6 is 0 Å². The molecule has 0 aromatic heterocycles.